The number of aliphatic carboxylic acids is 1. The van der Waals surface area contributed by atoms with Gasteiger partial charge in [0.1, 0.15) is 21.8 Å². The average Bonchev–Trinajstić information content (AvgIpc) is 3.14. The van der Waals surface area contributed by atoms with Crippen LogP contribution in [0.1, 0.15) is 62.6 Å². The fourth-order valence-corrected chi connectivity index (χ4v) is 6.03. The van der Waals surface area contributed by atoms with Gasteiger partial charge in [0.2, 0.25) is 0 Å². The highest BCUT2D eigenvalue weighted by Crippen LogP contribution is 2.36. The van der Waals surface area contributed by atoms with Crippen LogP contribution in [0.2, 0.25) is 0 Å². The van der Waals surface area contributed by atoms with Crippen LogP contribution in [0.4, 0.5) is 5.82 Å². The van der Waals surface area contributed by atoms with E-state index in [0.717, 1.165) is 50.5 Å². The van der Waals surface area contributed by atoms with Gasteiger partial charge in [0.05, 0.1) is 4.91 Å². The topological polar surface area (TPSA) is 110 Å². The van der Waals surface area contributed by atoms with Crippen LogP contribution in [-0.4, -0.2) is 74.9 Å². The lowest BCUT2D eigenvalue weighted by Crippen LogP contribution is -2.48. The van der Waals surface area contributed by atoms with Crippen molar-refractivity contribution >= 4 is 52.1 Å². The minimum absolute atomic E-state index is 0.101. The van der Waals surface area contributed by atoms with Crippen LogP contribution in [0, 0.1) is 18.3 Å². The number of anilines is 1. The number of pyridine rings is 1. The fourth-order valence-electron chi connectivity index (χ4n) is 4.74. The number of carboxylic acid groups (broad SMARTS) is 1. The van der Waals surface area contributed by atoms with E-state index in [1.807, 2.05) is 6.92 Å². The number of unbranched alkanes of at least 4 members (excludes halogenated alkanes) is 2. The summed E-state index contributed by atoms with van der Waals surface area (Å²) < 4.78 is 2.16. The number of likely N-dealkylation sites (N-methyl/N-ethyl adjacent to an activating group) is 1. The Morgan fingerprint density at radius 3 is 2.43 bits per heavy atom. The first-order valence-corrected chi connectivity index (χ1v) is 14.1. The van der Waals surface area contributed by atoms with Gasteiger partial charge in [-0.05, 0) is 44.4 Å². The first-order valence-electron chi connectivity index (χ1n) is 12.8. The minimum atomic E-state index is -0.822. The van der Waals surface area contributed by atoms with Gasteiger partial charge in [0.15, 0.2) is 0 Å². The number of hydrogen-bond donors (Lipinski definition) is 1. The van der Waals surface area contributed by atoms with Crippen molar-refractivity contribution in [1.29, 1.82) is 5.26 Å². The highest BCUT2D eigenvalue weighted by atomic mass is 32.2. The third-order valence-electron chi connectivity index (χ3n) is 6.83. The van der Waals surface area contributed by atoms with Gasteiger partial charge < -0.3 is 14.9 Å². The third-order valence-corrected chi connectivity index (χ3v) is 8.21. The number of thiocarbonyl (C=S) groups is 1. The van der Waals surface area contributed by atoms with Crippen molar-refractivity contribution in [3.8, 4) is 6.07 Å². The maximum atomic E-state index is 13.3. The lowest BCUT2D eigenvalue weighted by Gasteiger charge is -2.37. The van der Waals surface area contributed by atoms with Crippen molar-refractivity contribution in [2.45, 2.75) is 59.4 Å². The van der Waals surface area contributed by atoms with E-state index in [1.165, 1.54) is 11.8 Å². The van der Waals surface area contributed by atoms with Crippen LogP contribution < -0.4 is 10.5 Å². The predicted molar refractivity (Wildman–Crippen MR) is 151 cm³/mol. The van der Waals surface area contributed by atoms with Crippen LogP contribution >= 0.6 is 24.0 Å². The Morgan fingerprint density at radius 2 is 1.84 bits per heavy atom. The number of carbonyl (C=O) groups is 2. The molecule has 1 aromatic rings. The molecule has 0 aromatic carbocycles. The number of carboxylic acids is 1. The Kier molecular flexibility index (Phi) is 10.3. The summed E-state index contributed by atoms with van der Waals surface area (Å²) >= 11 is 6.72. The molecule has 9 nitrogen and oxygen atoms in total. The number of thioether (sulfide) groups is 1. The molecule has 2 saturated heterocycles. The molecule has 11 heteroatoms. The Bertz CT molecular complexity index is 1180. The molecule has 2 aliphatic rings. The molecule has 37 heavy (non-hydrogen) atoms. The van der Waals surface area contributed by atoms with Crippen LogP contribution in [0.25, 0.3) is 6.08 Å². The third kappa shape index (κ3) is 6.61. The van der Waals surface area contributed by atoms with Gasteiger partial charge in [-0.15, -0.1) is 0 Å². The summed E-state index contributed by atoms with van der Waals surface area (Å²) in [5.41, 5.74) is 1.11. The average molecular weight is 546 g/mol. The van der Waals surface area contributed by atoms with Gasteiger partial charge in [0, 0.05) is 51.3 Å². The monoisotopic (exact) mass is 545 g/mol. The lowest BCUT2D eigenvalue weighted by atomic mass is 10.0. The number of amides is 1. The Hall–Kier alpha value is -2.68. The molecular formula is C26H35N5O4S2. The van der Waals surface area contributed by atoms with Gasteiger partial charge >= 0.3 is 5.97 Å². The summed E-state index contributed by atoms with van der Waals surface area (Å²) in [6.07, 6.45) is 4.57. The van der Waals surface area contributed by atoms with Crippen molar-refractivity contribution in [1.82, 2.24) is 14.4 Å². The molecule has 0 unspecified atom stereocenters. The number of piperazine rings is 1. The zero-order chi connectivity index (χ0) is 27.1. The molecule has 1 N–H and O–H groups in total. The van der Waals surface area contributed by atoms with Gasteiger partial charge in [-0.1, -0.05) is 44.2 Å². The van der Waals surface area contributed by atoms with E-state index in [1.54, 1.807) is 22.5 Å². The Balaban J connectivity index is 1.98. The second kappa shape index (κ2) is 13.2. The molecule has 0 saturated carbocycles. The molecule has 0 aliphatic carbocycles. The normalized spacial score (nSPS) is 17.6. The van der Waals surface area contributed by atoms with Crippen LogP contribution in [0.3, 0.4) is 0 Å². The molecule has 2 fully saturated rings. The number of nitrogens with zero attached hydrogens (tertiary/aromatic N) is 5. The molecule has 3 rings (SSSR count). The summed E-state index contributed by atoms with van der Waals surface area (Å²) in [5.74, 6) is -0.254. The molecule has 0 bridgehead atoms. The van der Waals surface area contributed by atoms with Gasteiger partial charge in [0.25, 0.3) is 11.5 Å². The Morgan fingerprint density at radius 1 is 1.14 bits per heavy atom. The van der Waals surface area contributed by atoms with Crippen LogP contribution in [0.5, 0.6) is 0 Å². The van der Waals surface area contributed by atoms with Gasteiger partial charge in [-0.25, -0.2) is 0 Å². The van der Waals surface area contributed by atoms with E-state index in [9.17, 15) is 19.6 Å². The zero-order valence-corrected chi connectivity index (χ0v) is 23.4. The summed E-state index contributed by atoms with van der Waals surface area (Å²) in [7, 11) is 0. The van der Waals surface area contributed by atoms with E-state index in [2.05, 4.69) is 22.8 Å². The van der Waals surface area contributed by atoms with E-state index >= 15 is 0 Å². The van der Waals surface area contributed by atoms with E-state index in [0.29, 0.717) is 47.1 Å². The van der Waals surface area contributed by atoms with Crippen molar-refractivity contribution in [3.63, 3.8) is 0 Å². The second-order valence-corrected chi connectivity index (χ2v) is 10.9. The number of hydrogen-bond acceptors (Lipinski definition) is 8. The number of aromatic nitrogens is 1. The molecule has 0 spiro atoms. The molecule has 1 amide bonds. The summed E-state index contributed by atoms with van der Waals surface area (Å²) in [5, 5.41) is 18.6. The zero-order valence-electron chi connectivity index (χ0n) is 21.8. The highest BCUT2D eigenvalue weighted by molar-refractivity contribution is 8.26. The number of rotatable bonds is 11. The van der Waals surface area contributed by atoms with E-state index < -0.39 is 5.97 Å². The summed E-state index contributed by atoms with van der Waals surface area (Å²) in [4.78, 5) is 43.9. The number of carbonyl (C=O) groups excluding carboxylic acids is 1. The van der Waals surface area contributed by atoms with E-state index in [4.69, 9.17) is 17.3 Å². The maximum Gasteiger partial charge on any atom is 0.303 e. The van der Waals surface area contributed by atoms with Crippen molar-refractivity contribution in [2.24, 2.45) is 0 Å². The van der Waals surface area contributed by atoms with E-state index in [-0.39, 0.29) is 23.5 Å². The molecule has 0 radical (unpaired) electrons. The van der Waals surface area contributed by atoms with Crippen molar-refractivity contribution in [3.05, 3.63) is 31.9 Å². The largest absolute Gasteiger partial charge is 0.481 e. The maximum absolute atomic E-state index is 13.3. The van der Waals surface area contributed by atoms with Gasteiger partial charge in [-0.3, -0.25) is 23.9 Å². The number of nitriles is 1. The minimum Gasteiger partial charge on any atom is -0.481 e. The van der Waals surface area contributed by atoms with Crippen molar-refractivity contribution < 1.29 is 14.7 Å². The second-order valence-electron chi connectivity index (χ2n) is 9.26. The molecule has 0 atom stereocenters. The summed E-state index contributed by atoms with van der Waals surface area (Å²) in [6.45, 7) is 11.0. The molecule has 200 valence electrons. The summed E-state index contributed by atoms with van der Waals surface area (Å²) in [6, 6.07) is 2.09. The quantitative estimate of drug-likeness (QED) is 0.254. The SMILES string of the molecule is CCCn1c(N2CCN(CC)CC2)c(C=C2SC(=S)N(CCCCCC(=O)O)C2=O)c(C)c(C#N)c1=O. The Labute approximate surface area is 227 Å². The first kappa shape index (κ1) is 28.9. The standard InChI is InChI=1S/C26H35N5O4S2/c1-4-10-30-23(29-14-12-28(5-2)13-15-29)19(18(3)20(17-27)24(30)34)16-21-25(35)31(26(36)37-21)11-8-6-7-9-22(32)33/h16H,4-15H2,1-3H3,(H,32,33). The predicted octanol–water partition coefficient (Wildman–Crippen LogP) is 3.43. The lowest BCUT2D eigenvalue weighted by molar-refractivity contribution is -0.137. The first-order chi connectivity index (χ1) is 17.7. The van der Waals surface area contributed by atoms with Crippen LogP contribution in [0.15, 0.2) is 9.70 Å². The molecule has 3 heterocycles. The smallest absolute Gasteiger partial charge is 0.303 e. The van der Waals surface area contributed by atoms with Crippen LogP contribution in [-0.2, 0) is 16.1 Å². The highest BCUT2D eigenvalue weighted by Gasteiger charge is 2.33. The fraction of sp³-hybridized carbons (Fsp3) is 0.577. The molecule has 1 aromatic heterocycles. The van der Waals surface area contributed by atoms with Crippen molar-refractivity contribution in [2.75, 3.05) is 44.2 Å². The molecular weight excluding hydrogens is 510 g/mol. The molecule has 2 aliphatic heterocycles. The van der Waals surface area contributed by atoms with Gasteiger partial charge in [-0.2, -0.15) is 5.26 Å².